The number of ether oxygens (including phenoxy) is 7. The third kappa shape index (κ3) is 7.31. The Bertz CT molecular complexity index is 990. The maximum absolute atomic E-state index is 11.7. The molecule has 4 rings (SSSR count). The molecule has 0 amide bonds. The Morgan fingerprint density at radius 2 is 0.891 bits per heavy atom. The molecule has 0 saturated carbocycles. The summed E-state index contributed by atoms with van der Waals surface area (Å²) in [5.41, 5.74) is 0. The molecular weight excluding hydrogens is 640 g/mol. The number of aliphatic hydroxyl groups excluding tert-OH is 13. The van der Waals surface area contributed by atoms with Crippen LogP contribution in [0.1, 0.15) is 0 Å². The number of hydrogen-bond donors (Lipinski definition) is 14. The minimum atomic E-state index is -2.20. The van der Waals surface area contributed by atoms with E-state index in [1.165, 1.54) is 0 Å². The van der Waals surface area contributed by atoms with Gasteiger partial charge in [0.2, 0.25) is 0 Å². The number of hydrogen-bond acceptors (Lipinski definition) is 21. The summed E-state index contributed by atoms with van der Waals surface area (Å²) in [5, 5.41) is 143. The minimum Gasteiger partial charge on any atom is -0.479 e. The van der Waals surface area contributed by atoms with Crippen molar-refractivity contribution in [3.8, 4) is 0 Å². The highest BCUT2D eigenvalue weighted by Crippen LogP contribution is 2.35. The number of carboxylic acids is 1. The Kier molecular flexibility index (Phi) is 12.6. The first-order chi connectivity index (χ1) is 21.7. The summed E-state index contributed by atoms with van der Waals surface area (Å²) in [7, 11) is 0. The van der Waals surface area contributed by atoms with Crippen molar-refractivity contribution in [2.75, 3.05) is 19.8 Å². The van der Waals surface area contributed by atoms with Crippen LogP contribution in [-0.4, -0.2) is 220 Å². The molecule has 4 aliphatic heterocycles. The zero-order chi connectivity index (χ0) is 34.2. The molecule has 0 aromatic rings. The van der Waals surface area contributed by atoms with Gasteiger partial charge < -0.3 is 105 Å². The van der Waals surface area contributed by atoms with Crippen molar-refractivity contribution in [2.45, 2.75) is 123 Å². The van der Waals surface area contributed by atoms with E-state index in [0.717, 1.165) is 0 Å². The molecule has 0 bridgehead atoms. The molecule has 22 heteroatoms. The van der Waals surface area contributed by atoms with Gasteiger partial charge in [0.1, 0.15) is 91.6 Å². The van der Waals surface area contributed by atoms with Crippen LogP contribution in [0.15, 0.2) is 0 Å². The molecule has 20 atom stereocenters. The average Bonchev–Trinajstić information content (AvgIpc) is 3.03. The molecular formula is C24H40O22. The van der Waals surface area contributed by atoms with Gasteiger partial charge in [-0.15, -0.1) is 0 Å². The van der Waals surface area contributed by atoms with E-state index >= 15 is 0 Å². The predicted octanol–water partition coefficient (Wildman–Crippen LogP) is -9.66. The fourth-order valence-corrected chi connectivity index (χ4v) is 5.49. The fraction of sp³-hybridized carbons (Fsp3) is 0.958. The molecule has 268 valence electrons. The van der Waals surface area contributed by atoms with E-state index in [4.69, 9.17) is 33.2 Å². The van der Waals surface area contributed by atoms with Crippen LogP contribution in [0, 0.1) is 0 Å². The van der Waals surface area contributed by atoms with Gasteiger partial charge in [-0.2, -0.15) is 0 Å². The maximum Gasteiger partial charge on any atom is 0.335 e. The van der Waals surface area contributed by atoms with E-state index in [9.17, 15) is 76.3 Å². The van der Waals surface area contributed by atoms with E-state index in [1.54, 1.807) is 0 Å². The first-order valence-electron chi connectivity index (χ1n) is 14.1. The summed E-state index contributed by atoms with van der Waals surface area (Å²) in [4.78, 5) is 11.7. The summed E-state index contributed by atoms with van der Waals surface area (Å²) < 4.78 is 38.0. The second-order valence-corrected chi connectivity index (χ2v) is 11.2. The Morgan fingerprint density at radius 1 is 0.457 bits per heavy atom. The molecule has 14 N–H and O–H groups in total. The largest absolute Gasteiger partial charge is 0.479 e. The third-order valence-electron chi connectivity index (χ3n) is 8.17. The van der Waals surface area contributed by atoms with Crippen molar-refractivity contribution in [3.05, 3.63) is 0 Å². The zero-order valence-corrected chi connectivity index (χ0v) is 23.7. The molecule has 4 saturated heterocycles. The normalized spacial score (nSPS) is 51.9. The summed E-state index contributed by atoms with van der Waals surface area (Å²) >= 11 is 0. The standard InChI is InChI=1S/C24H40O22/c25-1-4-7(28)10(31)13(34)22(41-4)44-17-9(30)6(3-27)42-24(43-16-8(29)5(2-26)40-21(39)15(16)36)19(17)46-23-14(35)11(32)12(33)18(45-23)20(37)38/h4-19,21-36,39H,1-3H2,(H,37,38)/t4-,5-,6-,7+,8+,9-,10+,11+,12+,13-,14-,15-,16+,17+,18+,19+,21?,22-,23+,24-/m1/s1. The monoisotopic (exact) mass is 680 g/mol. The first kappa shape index (κ1) is 37.5. The number of carbonyl (C=O) groups is 1. The van der Waals surface area contributed by atoms with Crippen molar-refractivity contribution < 1.29 is 109 Å². The molecule has 4 heterocycles. The summed E-state index contributed by atoms with van der Waals surface area (Å²) in [5.74, 6) is -1.80. The number of aliphatic carboxylic acids is 1. The SMILES string of the molecule is O=C(O)[C@H]1O[C@@H](O[C@@H]2[C@@H](O[C@H]3[C@@H](O)[C@@H](CO)OC(O)[C@@H]3O)O[C@H](CO)[C@@H](O)[C@@H]2O[C@H]2O[C@H](CO)[C@H](O)[C@H](O)[C@H]2O)[C@H](O)[C@@H](O)[C@@H]1O. The molecule has 0 radical (unpaired) electrons. The van der Waals surface area contributed by atoms with Crippen molar-refractivity contribution in [1.82, 2.24) is 0 Å². The highest BCUT2D eigenvalue weighted by Gasteiger charge is 2.57. The van der Waals surface area contributed by atoms with E-state index in [-0.39, 0.29) is 0 Å². The van der Waals surface area contributed by atoms with Gasteiger partial charge in [-0.3, -0.25) is 0 Å². The van der Waals surface area contributed by atoms with Crippen LogP contribution < -0.4 is 0 Å². The van der Waals surface area contributed by atoms with Crippen LogP contribution in [0.4, 0.5) is 0 Å². The molecule has 0 aromatic heterocycles. The van der Waals surface area contributed by atoms with Gasteiger partial charge in [0, 0.05) is 0 Å². The Morgan fingerprint density at radius 3 is 1.46 bits per heavy atom. The molecule has 4 fully saturated rings. The Labute approximate surface area is 258 Å². The van der Waals surface area contributed by atoms with Crippen molar-refractivity contribution >= 4 is 5.97 Å². The highest BCUT2D eigenvalue weighted by molar-refractivity contribution is 5.73. The van der Waals surface area contributed by atoms with Crippen molar-refractivity contribution in [1.29, 1.82) is 0 Å². The lowest BCUT2D eigenvalue weighted by molar-refractivity contribution is -0.403. The molecule has 46 heavy (non-hydrogen) atoms. The number of rotatable bonds is 10. The van der Waals surface area contributed by atoms with Crippen LogP contribution in [-0.2, 0) is 38.0 Å². The van der Waals surface area contributed by atoms with Crippen molar-refractivity contribution in [3.63, 3.8) is 0 Å². The number of carboxylic acid groups (broad SMARTS) is 1. The highest BCUT2D eigenvalue weighted by atomic mass is 16.8. The van der Waals surface area contributed by atoms with Crippen LogP contribution in [0.5, 0.6) is 0 Å². The zero-order valence-electron chi connectivity index (χ0n) is 23.7. The summed E-state index contributed by atoms with van der Waals surface area (Å²) in [6.07, 6.45) is -39.5. The molecule has 22 nitrogen and oxygen atoms in total. The van der Waals surface area contributed by atoms with Gasteiger partial charge in [-0.25, -0.2) is 4.79 Å². The molecule has 0 aliphatic carbocycles. The van der Waals surface area contributed by atoms with Gasteiger partial charge in [0.05, 0.1) is 19.8 Å². The average molecular weight is 681 g/mol. The van der Waals surface area contributed by atoms with Crippen LogP contribution >= 0.6 is 0 Å². The predicted molar refractivity (Wildman–Crippen MR) is 134 cm³/mol. The lowest BCUT2D eigenvalue weighted by Gasteiger charge is -2.50. The van der Waals surface area contributed by atoms with Gasteiger partial charge >= 0.3 is 5.97 Å². The summed E-state index contributed by atoms with van der Waals surface area (Å²) in [6, 6.07) is 0. The quantitative estimate of drug-likeness (QED) is 0.102. The van der Waals surface area contributed by atoms with Crippen LogP contribution in [0.2, 0.25) is 0 Å². The second kappa shape index (κ2) is 15.5. The lowest BCUT2D eigenvalue weighted by Crippen LogP contribution is -2.69. The summed E-state index contributed by atoms with van der Waals surface area (Å²) in [6.45, 7) is -2.76. The molecule has 1 unspecified atom stereocenters. The van der Waals surface area contributed by atoms with Crippen LogP contribution in [0.25, 0.3) is 0 Å². The number of aliphatic hydroxyl groups is 13. The van der Waals surface area contributed by atoms with E-state index < -0.39 is 149 Å². The third-order valence-corrected chi connectivity index (χ3v) is 8.17. The smallest absolute Gasteiger partial charge is 0.335 e. The van der Waals surface area contributed by atoms with E-state index in [1.807, 2.05) is 0 Å². The molecule has 0 spiro atoms. The lowest BCUT2D eigenvalue weighted by atomic mass is 9.95. The van der Waals surface area contributed by atoms with Gasteiger partial charge in [-0.05, 0) is 0 Å². The Hall–Kier alpha value is -1.33. The van der Waals surface area contributed by atoms with E-state index in [0.29, 0.717) is 0 Å². The van der Waals surface area contributed by atoms with Gasteiger partial charge in [0.15, 0.2) is 31.3 Å². The molecule has 4 aliphatic rings. The maximum atomic E-state index is 11.7. The van der Waals surface area contributed by atoms with Gasteiger partial charge in [0.25, 0.3) is 0 Å². The topological polar surface area (TPSA) is 365 Å². The van der Waals surface area contributed by atoms with Crippen LogP contribution in [0.3, 0.4) is 0 Å². The second-order valence-electron chi connectivity index (χ2n) is 11.2. The van der Waals surface area contributed by atoms with E-state index in [2.05, 4.69) is 0 Å². The fourth-order valence-electron chi connectivity index (χ4n) is 5.49. The van der Waals surface area contributed by atoms with Gasteiger partial charge in [-0.1, -0.05) is 0 Å². The minimum absolute atomic E-state index is 0.879. The Balaban J connectivity index is 1.72. The first-order valence-corrected chi connectivity index (χ1v) is 14.1. The van der Waals surface area contributed by atoms with Crippen molar-refractivity contribution in [2.24, 2.45) is 0 Å². The molecule has 0 aromatic carbocycles.